The number of para-hydroxylation sites is 2. The summed E-state index contributed by atoms with van der Waals surface area (Å²) in [4.78, 5) is 9.22. The molecule has 4 rings (SSSR count). The summed E-state index contributed by atoms with van der Waals surface area (Å²) >= 11 is 3.36. The highest BCUT2D eigenvalue weighted by Crippen LogP contribution is 2.34. The standard InChI is InChI=1S/C14H7N2S2/c1-3-7-11-9(5-1)15-13(17-11)14-16-10-6-2-4-8-12(10)18-14/h1-5,7-8H. The molecule has 0 saturated carbocycles. The fraction of sp³-hybridized carbons (Fsp3) is 0. The van der Waals surface area contributed by atoms with E-state index in [1.165, 1.54) is 4.70 Å². The summed E-state index contributed by atoms with van der Waals surface area (Å²) in [5, 5.41) is 1.97. The van der Waals surface area contributed by atoms with Crippen molar-refractivity contribution >= 4 is 43.1 Å². The number of aromatic nitrogens is 2. The van der Waals surface area contributed by atoms with E-state index in [1.54, 1.807) is 22.7 Å². The normalized spacial score (nSPS) is 11.3. The third-order valence-electron chi connectivity index (χ3n) is 2.69. The predicted molar refractivity (Wildman–Crippen MR) is 77.1 cm³/mol. The Bertz CT molecular complexity index is 707. The molecule has 0 bridgehead atoms. The Morgan fingerprint density at radius 1 is 0.833 bits per heavy atom. The molecule has 0 aliphatic heterocycles. The Labute approximate surface area is 112 Å². The molecule has 2 nitrogen and oxygen atoms in total. The van der Waals surface area contributed by atoms with Gasteiger partial charge in [0.2, 0.25) is 0 Å². The summed E-state index contributed by atoms with van der Waals surface area (Å²) in [7, 11) is 0. The van der Waals surface area contributed by atoms with Crippen LogP contribution in [0.3, 0.4) is 0 Å². The molecule has 0 aliphatic carbocycles. The van der Waals surface area contributed by atoms with Crippen LogP contribution in [0.15, 0.2) is 42.5 Å². The Kier molecular flexibility index (Phi) is 2.18. The number of hydrogen-bond donors (Lipinski definition) is 0. The Balaban J connectivity index is 1.95. The number of fused-ring (bicyclic) bond motifs is 2. The van der Waals surface area contributed by atoms with Crippen LogP contribution in [0.5, 0.6) is 0 Å². The molecule has 4 aromatic rings. The molecule has 2 aromatic heterocycles. The van der Waals surface area contributed by atoms with Gasteiger partial charge in [-0.1, -0.05) is 24.3 Å². The molecular formula is C14H7N2S2. The van der Waals surface area contributed by atoms with Crippen LogP contribution in [-0.2, 0) is 0 Å². The molecule has 0 saturated heterocycles. The average Bonchev–Trinajstić information content (AvgIpc) is 3.02. The van der Waals surface area contributed by atoms with Gasteiger partial charge in [-0.3, -0.25) is 0 Å². The summed E-state index contributed by atoms with van der Waals surface area (Å²) in [6.07, 6.45) is 0. The van der Waals surface area contributed by atoms with Crippen molar-refractivity contribution in [2.75, 3.05) is 0 Å². The van der Waals surface area contributed by atoms with Gasteiger partial charge in [-0.2, -0.15) is 0 Å². The van der Waals surface area contributed by atoms with Crippen LogP contribution < -0.4 is 0 Å². The van der Waals surface area contributed by atoms with Gasteiger partial charge in [0.05, 0.1) is 20.4 Å². The van der Waals surface area contributed by atoms with Crippen molar-refractivity contribution in [2.45, 2.75) is 0 Å². The topological polar surface area (TPSA) is 25.8 Å². The summed E-state index contributed by atoms with van der Waals surface area (Å²) in [6, 6.07) is 17.3. The van der Waals surface area contributed by atoms with Crippen molar-refractivity contribution in [3.05, 3.63) is 48.5 Å². The van der Waals surface area contributed by atoms with Crippen molar-refractivity contribution in [1.29, 1.82) is 0 Å². The summed E-state index contributed by atoms with van der Waals surface area (Å²) in [6.45, 7) is 0. The highest BCUT2D eigenvalue weighted by atomic mass is 32.1. The number of nitrogens with zero attached hydrogens (tertiary/aromatic N) is 2. The highest BCUT2D eigenvalue weighted by molar-refractivity contribution is 7.27. The molecule has 1 radical (unpaired) electrons. The predicted octanol–water partition coefficient (Wildman–Crippen LogP) is 4.37. The van der Waals surface area contributed by atoms with Crippen LogP contribution in [-0.4, -0.2) is 9.97 Å². The molecule has 85 valence electrons. The summed E-state index contributed by atoms with van der Waals surface area (Å²) in [5.41, 5.74) is 1.97. The average molecular weight is 267 g/mol. The quantitative estimate of drug-likeness (QED) is 0.511. The monoisotopic (exact) mass is 267 g/mol. The van der Waals surface area contributed by atoms with Crippen LogP contribution >= 0.6 is 22.7 Å². The van der Waals surface area contributed by atoms with E-state index < -0.39 is 0 Å². The van der Waals surface area contributed by atoms with E-state index in [0.29, 0.717) is 0 Å². The van der Waals surface area contributed by atoms with Gasteiger partial charge in [-0.15, -0.1) is 22.7 Å². The molecule has 0 amide bonds. The number of hydrogen-bond acceptors (Lipinski definition) is 4. The first kappa shape index (κ1) is 10.2. The molecule has 0 fully saturated rings. The zero-order chi connectivity index (χ0) is 11.9. The van der Waals surface area contributed by atoms with Crippen molar-refractivity contribution in [1.82, 2.24) is 9.97 Å². The van der Waals surface area contributed by atoms with Gasteiger partial charge in [0.1, 0.15) is 0 Å². The molecule has 0 atom stereocenters. The Morgan fingerprint density at radius 3 is 2.50 bits per heavy atom. The van der Waals surface area contributed by atoms with Gasteiger partial charge >= 0.3 is 0 Å². The number of rotatable bonds is 1. The second-order valence-electron chi connectivity index (χ2n) is 3.89. The minimum Gasteiger partial charge on any atom is -0.233 e. The zero-order valence-electron chi connectivity index (χ0n) is 9.25. The number of benzene rings is 2. The minimum absolute atomic E-state index is 0.928. The molecule has 2 aromatic carbocycles. The molecule has 0 N–H and O–H groups in total. The molecule has 0 unspecified atom stereocenters. The van der Waals surface area contributed by atoms with E-state index in [1.807, 2.05) is 30.3 Å². The second kappa shape index (κ2) is 3.86. The fourth-order valence-corrected chi connectivity index (χ4v) is 3.79. The molecule has 0 spiro atoms. The smallest absolute Gasteiger partial charge is 0.153 e. The lowest BCUT2D eigenvalue weighted by Gasteiger charge is -1.83. The lowest BCUT2D eigenvalue weighted by molar-refractivity contribution is 1.42. The van der Waals surface area contributed by atoms with E-state index in [4.69, 9.17) is 0 Å². The third-order valence-corrected chi connectivity index (χ3v) is 4.89. The van der Waals surface area contributed by atoms with Gasteiger partial charge in [-0.25, -0.2) is 9.97 Å². The van der Waals surface area contributed by atoms with Crippen LogP contribution in [0.25, 0.3) is 30.4 Å². The van der Waals surface area contributed by atoms with Crippen LogP contribution in [0.4, 0.5) is 0 Å². The summed E-state index contributed by atoms with van der Waals surface area (Å²) in [5.74, 6) is 0. The van der Waals surface area contributed by atoms with Gasteiger partial charge in [0.15, 0.2) is 10.0 Å². The first-order chi connectivity index (χ1) is 8.90. The van der Waals surface area contributed by atoms with Crippen LogP contribution in [0, 0.1) is 6.07 Å². The van der Waals surface area contributed by atoms with Gasteiger partial charge in [-0.05, 0) is 18.2 Å². The van der Waals surface area contributed by atoms with Crippen molar-refractivity contribution in [3.8, 4) is 10.0 Å². The Morgan fingerprint density at radius 2 is 1.61 bits per heavy atom. The maximum Gasteiger partial charge on any atom is 0.153 e. The Hall–Kier alpha value is -1.78. The molecule has 4 heteroatoms. The fourth-order valence-electron chi connectivity index (χ4n) is 1.87. The van der Waals surface area contributed by atoms with E-state index in [9.17, 15) is 0 Å². The van der Waals surface area contributed by atoms with Crippen molar-refractivity contribution < 1.29 is 0 Å². The zero-order valence-corrected chi connectivity index (χ0v) is 10.9. The molecule has 2 heterocycles. The summed E-state index contributed by atoms with van der Waals surface area (Å²) < 4.78 is 2.36. The lowest BCUT2D eigenvalue weighted by Crippen LogP contribution is -1.72. The molecular weight excluding hydrogens is 260 g/mol. The lowest BCUT2D eigenvalue weighted by atomic mass is 10.3. The first-order valence-corrected chi connectivity index (χ1v) is 7.17. The van der Waals surface area contributed by atoms with Gasteiger partial charge in [0.25, 0.3) is 0 Å². The molecule has 18 heavy (non-hydrogen) atoms. The maximum absolute atomic E-state index is 4.63. The third kappa shape index (κ3) is 1.54. The SMILES string of the molecule is [c]1cccc2sc(-c3nc4ccccc4s3)nc12. The van der Waals surface area contributed by atoms with Gasteiger partial charge in [0, 0.05) is 6.07 Å². The highest BCUT2D eigenvalue weighted by Gasteiger charge is 2.10. The van der Waals surface area contributed by atoms with Crippen LogP contribution in [0.1, 0.15) is 0 Å². The van der Waals surface area contributed by atoms with Gasteiger partial charge < -0.3 is 0 Å². The van der Waals surface area contributed by atoms with Crippen LogP contribution in [0.2, 0.25) is 0 Å². The van der Waals surface area contributed by atoms with Crippen molar-refractivity contribution in [3.63, 3.8) is 0 Å². The maximum atomic E-state index is 4.63. The van der Waals surface area contributed by atoms with E-state index >= 15 is 0 Å². The largest absolute Gasteiger partial charge is 0.233 e. The second-order valence-corrected chi connectivity index (χ2v) is 5.95. The molecule has 0 aliphatic rings. The van der Waals surface area contributed by atoms with E-state index in [-0.39, 0.29) is 0 Å². The van der Waals surface area contributed by atoms with Crippen molar-refractivity contribution in [2.24, 2.45) is 0 Å². The van der Waals surface area contributed by atoms with E-state index in [0.717, 1.165) is 25.7 Å². The number of thiazole rings is 2. The van der Waals surface area contributed by atoms with E-state index in [2.05, 4.69) is 28.2 Å². The minimum atomic E-state index is 0.928. The first-order valence-electron chi connectivity index (χ1n) is 5.53.